The third-order valence-corrected chi connectivity index (χ3v) is 4.32. The van der Waals surface area contributed by atoms with Crippen molar-refractivity contribution in [1.82, 2.24) is 15.3 Å². The van der Waals surface area contributed by atoms with Gasteiger partial charge in [-0.25, -0.2) is 9.97 Å². The Labute approximate surface area is 135 Å². The minimum atomic E-state index is 0.0596. The predicted molar refractivity (Wildman–Crippen MR) is 88.9 cm³/mol. The smallest absolute Gasteiger partial charge is 0.192 e. The standard InChI is InChI=1S/C16H20ClN3S/c1-11-8-9-18-15(20-11)21-14-12(6-5-7-13(14)17)10-19-16(2,3)4/h5-9,19H,10H2,1-4H3. The normalized spacial score (nSPS) is 11.7. The minimum Gasteiger partial charge on any atom is -0.308 e. The van der Waals surface area contributed by atoms with Gasteiger partial charge in [0.2, 0.25) is 0 Å². The van der Waals surface area contributed by atoms with Crippen LogP contribution in [0.2, 0.25) is 5.02 Å². The molecule has 1 aromatic carbocycles. The Hall–Kier alpha value is -1.10. The molecule has 21 heavy (non-hydrogen) atoms. The third kappa shape index (κ3) is 4.99. The molecule has 0 saturated carbocycles. The molecule has 1 heterocycles. The second kappa shape index (κ2) is 6.77. The molecule has 0 unspecified atom stereocenters. The molecule has 0 saturated heterocycles. The third-order valence-electron chi connectivity index (χ3n) is 2.82. The second-order valence-electron chi connectivity index (χ2n) is 5.91. The number of halogens is 1. The van der Waals surface area contributed by atoms with E-state index in [4.69, 9.17) is 11.6 Å². The summed E-state index contributed by atoms with van der Waals surface area (Å²) in [6.07, 6.45) is 1.77. The zero-order chi connectivity index (χ0) is 15.5. The van der Waals surface area contributed by atoms with Crippen LogP contribution in [0.3, 0.4) is 0 Å². The second-order valence-corrected chi connectivity index (χ2v) is 7.30. The van der Waals surface area contributed by atoms with Gasteiger partial charge >= 0.3 is 0 Å². The first-order chi connectivity index (χ1) is 9.85. The fourth-order valence-electron chi connectivity index (χ4n) is 1.73. The van der Waals surface area contributed by atoms with Crippen LogP contribution in [0.25, 0.3) is 0 Å². The number of hydrogen-bond donors (Lipinski definition) is 1. The van der Waals surface area contributed by atoms with Gasteiger partial charge in [-0.3, -0.25) is 0 Å². The minimum absolute atomic E-state index is 0.0596. The van der Waals surface area contributed by atoms with Gasteiger partial charge in [-0.05, 0) is 57.2 Å². The van der Waals surface area contributed by atoms with Gasteiger partial charge in [-0.2, -0.15) is 0 Å². The number of aryl methyl sites for hydroxylation is 1. The van der Waals surface area contributed by atoms with Crippen molar-refractivity contribution in [3.63, 3.8) is 0 Å². The lowest BCUT2D eigenvalue weighted by Crippen LogP contribution is -2.35. The van der Waals surface area contributed by atoms with Crippen molar-refractivity contribution in [1.29, 1.82) is 0 Å². The highest BCUT2D eigenvalue weighted by molar-refractivity contribution is 7.99. The molecule has 5 heteroatoms. The highest BCUT2D eigenvalue weighted by Gasteiger charge is 2.14. The van der Waals surface area contributed by atoms with Gasteiger partial charge in [0.1, 0.15) is 0 Å². The topological polar surface area (TPSA) is 37.8 Å². The van der Waals surface area contributed by atoms with Crippen molar-refractivity contribution in [2.24, 2.45) is 0 Å². The number of rotatable bonds is 4. The highest BCUT2D eigenvalue weighted by atomic mass is 35.5. The maximum absolute atomic E-state index is 6.36. The van der Waals surface area contributed by atoms with E-state index in [-0.39, 0.29) is 5.54 Å². The largest absolute Gasteiger partial charge is 0.308 e. The summed E-state index contributed by atoms with van der Waals surface area (Å²) in [7, 11) is 0. The SMILES string of the molecule is Cc1ccnc(Sc2c(Cl)cccc2CNC(C)(C)C)n1. The Balaban J connectivity index is 2.25. The summed E-state index contributed by atoms with van der Waals surface area (Å²) < 4.78 is 0. The van der Waals surface area contributed by atoms with Crippen LogP contribution in [0.15, 0.2) is 40.5 Å². The van der Waals surface area contributed by atoms with Crippen LogP contribution < -0.4 is 5.32 Å². The molecule has 112 valence electrons. The summed E-state index contributed by atoms with van der Waals surface area (Å²) in [5.41, 5.74) is 2.17. The van der Waals surface area contributed by atoms with Crippen LogP contribution in [0.4, 0.5) is 0 Å². The first kappa shape index (κ1) is 16.3. The lowest BCUT2D eigenvalue weighted by molar-refractivity contribution is 0.422. The molecule has 1 aromatic heterocycles. The van der Waals surface area contributed by atoms with E-state index >= 15 is 0 Å². The number of aromatic nitrogens is 2. The van der Waals surface area contributed by atoms with Gasteiger partial charge in [0, 0.05) is 28.9 Å². The van der Waals surface area contributed by atoms with Crippen molar-refractivity contribution < 1.29 is 0 Å². The Morgan fingerprint density at radius 1 is 1.24 bits per heavy atom. The molecule has 2 aromatic rings. The maximum Gasteiger partial charge on any atom is 0.192 e. The van der Waals surface area contributed by atoms with Gasteiger partial charge in [-0.15, -0.1) is 0 Å². The van der Waals surface area contributed by atoms with Crippen molar-refractivity contribution in [2.45, 2.75) is 49.8 Å². The van der Waals surface area contributed by atoms with Crippen LogP contribution in [0.5, 0.6) is 0 Å². The molecule has 0 aliphatic heterocycles. The molecule has 0 fully saturated rings. The van der Waals surface area contributed by atoms with Gasteiger partial charge in [0.25, 0.3) is 0 Å². The molecular formula is C16H20ClN3S. The zero-order valence-corrected chi connectivity index (χ0v) is 14.3. The average molecular weight is 322 g/mol. The Bertz CT molecular complexity index is 623. The van der Waals surface area contributed by atoms with Crippen molar-refractivity contribution in [3.05, 3.63) is 46.7 Å². The first-order valence-electron chi connectivity index (χ1n) is 6.85. The molecular weight excluding hydrogens is 302 g/mol. The number of nitrogens with zero attached hydrogens (tertiary/aromatic N) is 2. The Morgan fingerprint density at radius 3 is 2.67 bits per heavy atom. The van der Waals surface area contributed by atoms with E-state index in [0.29, 0.717) is 0 Å². The van der Waals surface area contributed by atoms with E-state index in [9.17, 15) is 0 Å². The molecule has 0 aliphatic rings. The first-order valence-corrected chi connectivity index (χ1v) is 8.04. The van der Waals surface area contributed by atoms with Gasteiger partial charge in [0.15, 0.2) is 5.16 Å². The lowest BCUT2D eigenvalue weighted by atomic mass is 10.1. The molecule has 0 atom stereocenters. The van der Waals surface area contributed by atoms with Crippen molar-refractivity contribution >= 4 is 23.4 Å². The highest BCUT2D eigenvalue weighted by Crippen LogP contribution is 2.34. The van der Waals surface area contributed by atoms with E-state index in [2.05, 4.69) is 42.1 Å². The Morgan fingerprint density at radius 2 is 2.00 bits per heavy atom. The van der Waals surface area contributed by atoms with Crippen LogP contribution in [-0.2, 0) is 6.54 Å². The molecule has 0 radical (unpaired) electrons. The van der Waals surface area contributed by atoms with E-state index in [1.807, 2.05) is 25.1 Å². The maximum atomic E-state index is 6.36. The van der Waals surface area contributed by atoms with Crippen LogP contribution in [0.1, 0.15) is 32.0 Å². The van der Waals surface area contributed by atoms with E-state index in [0.717, 1.165) is 32.9 Å². The Kier molecular flexibility index (Phi) is 5.25. The average Bonchev–Trinajstić information content (AvgIpc) is 2.39. The molecule has 1 N–H and O–H groups in total. The summed E-state index contributed by atoms with van der Waals surface area (Å²) in [6.45, 7) is 9.16. The summed E-state index contributed by atoms with van der Waals surface area (Å²) in [6, 6.07) is 7.85. The molecule has 0 amide bonds. The molecule has 3 nitrogen and oxygen atoms in total. The molecule has 0 spiro atoms. The van der Waals surface area contributed by atoms with E-state index in [1.54, 1.807) is 6.20 Å². The fourth-order valence-corrected chi connectivity index (χ4v) is 2.97. The number of nitrogens with one attached hydrogen (secondary N) is 1. The van der Waals surface area contributed by atoms with Crippen molar-refractivity contribution in [3.8, 4) is 0 Å². The number of hydrogen-bond acceptors (Lipinski definition) is 4. The van der Waals surface area contributed by atoms with Gasteiger partial charge < -0.3 is 5.32 Å². The summed E-state index contributed by atoms with van der Waals surface area (Å²) in [4.78, 5) is 9.75. The van der Waals surface area contributed by atoms with Gasteiger partial charge in [-0.1, -0.05) is 23.7 Å². The van der Waals surface area contributed by atoms with Crippen LogP contribution in [0, 0.1) is 6.92 Å². The van der Waals surface area contributed by atoms with E-state index in [1.165, 1.54) is 11.8 Å². The summed E-state index contributed by atoms with van der Waals surface area (Å²) in [5.74, 6) is 0. The molecule has 0 aliphatic carbocycles. The molecule has 2 rings (SSSR count). The van der Waals surface area contributed by atoms with Crippen LogP contribution >= 0.6 is 23.4 Å². The zero-order valence-electron chi connectivity index (χ0n) is 12.8. The van der Waals surface area contributed by atoms with E-state index < -0.39 is 0 Å². The van der Waals surface area contributed by atoms with Crippen molar-refractivity contribution in [2.75, 3.05) is 0 Å². The van der Waals surface area contributed by atoms with Gasteiger partial charge in [0.05, 0.1) is 5.02 Å². The lowest BCUT2D eigenvalue weighted by Gasteiger charge is -2.21. The number of benzene rings is 1. The summed E-state index contributed by atoms with van der Waals surface area (Å²) >= 11 is 7.88. The predicted octanol–water partition coefficient (Wildman–Crippen LogP) is 4.48. The molecule has 0 bridgehead atoms. The summed E-state index contributed by atoms with van der Waals surface area (Å²) in [5, 5.41) is 4.95. The monoisotopic (exact) mass is 321 g/mol. The van der Waals surface area contributed by atoms with Crippen LogP contribution in [-0.4, -0.2) is 15.5 Å². The fraction of sp³-hybridized carbons (Fsp3) is 0.375. The quantitative estimate of drug-likeness (QED) is 0.843.